The molecular formula is C16H20N6O. The smallest absolute Gasteiger partial charge is 0.302 e. The molecule has 3 rings (SSSR count). The number of carbonyl (C=O) groups excluding carboxylic acids is 1. The number of hydrogen-bond acceptors (Lipinski definition) is 4. The van der Waals surface area contributed by atoms with Crippen LogP contribution in [0.3, 0.4) is 0 Å². The maximum Gasteiger partial charge on any atom is 0.302 e. The molecule has 0 saturated carbocycles. The lowest BCUT2D eigenvalue weighted by atomic mass is 9.92. The monoisotopic (exact) mass is 323 g/mol. The first-order valence-electron chi connectivity index (χ1n) is 12.2. The van der Waals surface area contributed by atoms with E-state index in [1.165, 1.54) is 12.3 Å². The quantitative estimate of drug-likeness (QED) is 0.870. The third-order valence-electron chi connectivity index (χ3n) is 3.35. The number of likely N-dealkylation sites (N-methyl/N-ethyl adjacent to an activating group) is 1. The molecule has 1 saturated heterocycles. The molecule has 7 heteroatoms. The summed E-state index contributed by atoms with van der Waals surface area (Å²) < 4.78 is 91.5. The van der Waals surface area contributed by atoms with Crippen LogP contribution in [0.4, 0.5) is 5.82 Å². The molecule has 1 aliphatic heterocycles. The van der Waals surface area contributed by atoms with E-state index in [1.807, 2.05) is 0 Å². The third-order valence-corrected chi connectivity index (χ3v) is 3.35. The van der Waals surface area contributed by atoms with Gasteiger partial charge in [-0.25, -0.2) is 16.5 Å². The van der Waals surface area contributed by atoms with Crippen LogP contribution in [0.2, 0.25) is 0 Å². The zero-order valence-electron chi connectivity index (χ0n) is 22.9. The van der Waals surface area contributed by atoms with Crippen LogP contribution in [-0.4, -0.2) is 58.3 Å². The van der Waals surface area contributed by atoms with E-state index in [0.29, 0.717) is 4.90 Å². The van der Waals surface area contributed by atoms with Gasteiger partial charge < -0.3 is 19.6 Å². The molecule has 1 amide bonds. The SMILES string of the molecule is [2H]c1nc(N(C([2H])([2H])[2H])[C@@]2([2H])C([2H])([2H])N(C(=O)C[N+]#[C-])CC[C@@]2([2H])C([2H])([2H])[2H])c2cc[nH]c2n1. The van der Waals surface area contributed by atoms with Gasteiger partial charge in [-0.1, -0.05) is 6.85 Å². The minimum Gasteiger partial charge on any atom is -0.354 e. The summed E-state index contributed by atoms with van der Waals surface area (Å²) in [4.78, 5) is 26.2. The molecule has 23 heavy (non-hydrogen) atoms. The van der Waals surface area contributed by atoms with Gasteiger partial charge in [-0.2, -0.15) is 0 Å². The van der Waals surface area contributed by atoms with Gasteiger partial charge in [0.1, 0.15) is 19.1 Å². The number of fused-ring (bicyclic) bond motifs is 1. The Bertz CT molecular complexity index is 1150. The van der Waals surface area contributed by atoms with Gasteiger partial charge in [0.25, 0.3) is 6.54 Å². The number of amides is 1. The van der Waals surface area contributed by atoms with Crippen LogP contribution in [0.25, 0.3) is 15.9 Å². The van der Waals surface area contributed by atoms with Gasteiger partial charge in [-0.15, -0.1) is 0 Å². The summed E-state index contributed by atoms with van der Waals surface area (Å²) >= 11 is 0. The molecule has 1 aliphatic rings. The molecule has 2 aromatic heterocycles. The summed E-state index contributed by atoms with van der Waals surface area (Å²) in [6, 6.07) is -2.20. The Morgan fingerprint density at radius 1 is 1.78 bits per heavy atom. The van der Waals surface area contributed by atoms with Gasteiger partial charge in [-0.05, 0) is 18.4 Å². The van der Waals surface area contributed by atoms with Gasteiger partial charge in [0.05, 0.1) is 15.5 Å². The largest absolute Gasteiger partial charge is 0.354 e. The van der Waals surface area contributed by atoms with Crippen molar-refractivity contribution in [1.29, 1.82) is 0 Å². The zero-order valence-corrected chi connectivity index (χ0v) is 11.9. The Balaban J connectivity index is 2.44. The summed E-state index contributed by atoms with van der Waals surface area (Å²) in [7, 11) is 0. The van der Waals surface area contributed by atoms with E-state index in [0.717, 1.165) is 0 Å². The highest BCUT2D eigenvalue weighted by molar-refractivity contribution is 5.87. The second-order valence-corrected chi connectivity index (χ2v) is 4.77. The molecule has 0 aromatic carbocycles. The summed E-state index contributed by atoms with van der Waals surface area (Å²) in [6.07, 6.45) is -0.169. The number of aromatic amines is 1. The Morgan fingerprint density at radius 3 is 3.48 bits per heavy atom. The lowest BCUT2D eigenvalue weighted by Gasteiger charge is -2.41. The molecule has 0 spiro atoms. The second-order valence-electron chi connectivity index (χ2n) is 4.77. The maximum absolute atomic E-state index is 12.6. The van der Waals surface area contributed by atoms with Crippen LogP contribution in [-0.2, 0) is 4.79 Å². The van der Waals surface area contributed by atoms with Crippen molar-refractivity contribution in [3.05, 3.63) is 30.0 Å². The van der Waals surface area contributed by atoms with E-state index < -0.39 is 69.8 Å². The third kappa shape index (κ3) is 2.84. The normalized spacial score (nSPS) is 37.9. The van der Waals surface area contributed by atoms with Crippen LogP contribution in [0.1, 0.15) is 28.4 Å². The number of anilines is 1. The lowest BCUT2D eigenvalue weighted by Crippen LogP contribution is -2.53. The Kier molecular flexibility index (Phi) is 1.87. The van der Waals surface area contributed by atoms with Gasteiger partial charge in [0, 0.05) is 35.8 Å². The number of nitrogens with one attached hydrogen (secondary N) is 1. The molecule has 1 fully saturated rings. The number of rotatable bonds is 3. The van der Waals surface area contributed by atoms with Gasteiger partial charge in [-0.3, -0.25) is 4.79 Å². The molecular weight excluding hydrogens is 292 g/mol. The van der Waals surface area contributed by atoms with Gasteiger partial charge in [0.2, 0.25) is 0 Å². The first kappa shape index (κ1) is 6.87. The maximum atomic E-state index is 12.6. The number of hydrogen-bond donors (Lipinski definition) is 1. The van der Waals surface area contributed by atoms with E-state index in [4.69, 9.17) is 20.3 Å². The van der Waals surface area contributed by atoms with Crippen LogP contribution in [0, 0.1) is 12.5 Å². The Hall–Kier alpha value is -2.62. The highest BCUT2D eigenvalue weighted by Crippen LogP contribution is 2.28. The van der Waals surface area contributed by atoms with E-state index in [1.54, 1.807) is 0 Å². The second kappa shape index (κ2) is 6.24. The standard InChI is InChI=1S/C16H20N6O/c1-11-5-7-22(14(23)8-17-2)9-13(11)21(3)16-12-4-6-18-15(12)19-10-20-16/h4,6,10-11,13H,5,7-9H2,1,3H3,(H,18,19,20)/t11-,13+/m1/s1/i1D3,3D3,9D2,10D,11D,13D. The molecule has 7 nitrogen and oxygen atoms in total. The average molecular weight is 323 g/mol. The number of aromatic nitrogens is 3. The van der Waals surface area contributed by atoms with Gasteiger partial charge in [0.15, 0.2) is 0 Å². The van der Waals surface area contributed by atoms with Crippen molar-refractivity contribution in [3.63, 3.8) is 0 Å². The Labute approximate surface area is 150 Å². The zero-order chi connectivity index (χ0) is 25.9. The average Bonchev–Trinajstić information content (AvgIpc) is 3.13. The highest BCUT2D eigenvalue weighted by atomic mass is 16.2. The summed E-state index contributed by atoms with van der Waals surface area (Å²) in [5.41, 5.74) is -0.0328. The van der Waals surface area contributed by atoms with E-state index in [2.05, 4.69) is 19.8 Å². The topological polar surface area (TPSA) is 69.5 Å². The fourth-order valence-electron chi connectivity index (χ4n) is 2.21. The van der Waals surface area contributed by atoms with E-state index >= 15 is 0 Å². The molecule has 120 valence electrons. The Morgan fingerprint density at radius 2 is 2.70 bits per heavy atom. The van der Waals surface area contributed by atoms with Crippen molar-refractivity contribution < 1.29 is 19.9 Å². The molecule has 0 aliphatic carbocycles. The van der Waals surface area contributed by atoms with Crippen molar-refractivity contribution in [1.82, 2.24) is 19.9 Å². The molecule has 2 aromatic rings. The van der Waals surface area contributed by atoms with Crippen molar-refractivity contribution in [3.8, 4) is 0 Å². The summed E-state index contributed by atoms with van der Waals surface area (Å²) in [5.74, 6) is -4.84. The fraction of sp³-hybridized carbons (Fsp3) is 0.500. The number of carbonyl (C=O) groups is 1. The first-order valence-corrected chi connectivity index (χ1v) is 6.69. The van der Waals surface area contributed by atoms with Crippen LogP contribution in [0.5, 0.6) is 0 Å². The predicted octanol–water partition coefficient (Wildman–Crippen LogP) is 1.55. The number of H-pyrrole nitrogens is 1. The van der Waals surface area contributed by atoms with Crippen molar-refractivity contribution in [2.24, 2.45) is 5.89 Å². The minimum atomic E-state index is -3.50. The van der Waals surface area contributed by atoms with E-state index in [9.17, 15) is 6.17 Å². The molecule has 0 unspecified atom stereocenters. The van der Waals surface area contributed by atoms with Crippen molar-refractivity contribution in [2.75, 3.05) is 31.5 Å². The molecule has 3 heterocycles. The van der Waals surface area contributed by atoms with Crippen molar-refractivity contribution in [2.45, 2.75) is 19.3 Å². The molecule has 0 radical (unpaired) electrons. The van der Waals surface area contributed by atoms with Gasteiger partial charge >= 0.3 is 5.91 Å². The van der Waals surface area contributed by atoms with Crippen LogP contribution < -0.4 is 4.90 Å². The molecule has 1 N–H and O–H groups in total. The lowest BCUT2D eigenvalue weighted by molar-refractivity contribution is -0.130. The number of nitrogens with zero attached hydrogens (tertiary/aromatic N) is 5. The van der Waals surface area contributed by atoms with Crippen molar-refractivity contribution >= 4 is 22.8 Å². The summed E-state index contributed by atoms with van der Waals surface area (Å²) in [6.45, 7) is -4.78. The fourth-order valence-corrected chi connectivity index (χ4v) is 2.21. The van der Waals surface area contributed by atoms with Crippen LogP contribution >= 0.6 is 0 Å². The minimum absolute atomic E-state index is 0.0328. The number of piperidine rings is 1. The molecule has 0 bridgehead atoms. The van der Waals surface area contributed by atoms with E-state index in [-0.39, 0.29) is 15.9 Å². The molecule has 2 atom stereocenters. The first-order chi connectivity index (χ1) is 15.4. The predicted molar refractivity (Wildman–Crippen MR) is 87.9 cm³/mol. The number of likely N-dealkylation sites (tertiary alicyclic amines) is 1. The highest BCUT2D eigenvalue weighted by Gasteiger charge is 2.33. The summed E-state index contributed by atoms with van der Waals surface area (Å²) in [5, 5.41) is -0.0629. The van der Waals surface area contributed by atoms with Crippen LogP contribution in [0.15, 0.2) is 18.6 Å².